The molecule has 0 aliphatic carbocycles. The Morgan fingerprint density at radius 1 is 1.42 bits per heavy atom. The number of hydrogen-bond acceptors (Lipinski definition) is 4. The number of sulfonamides is 1. The van der Waals surface area contributed by atoms with Crippen LogP contribution in [0.5, 0.6) is 0 Å². The molecular weight excluding hydrogens is 266 g/mol. The lowest BCUT2D eigenvalue weighted by Gasteiger charge is -2.39. The van der Waals surface area contributed by atoms with Gasteiger partial charge in [0.05, 0.1) is 11.4 Å². The van der Waals surface area contributed by atoms with Gasteiger partial charge in [-0.2, -0.15) is 4.31 Å². The Morgan fingerprint density at radius 2 is 2.05 bits per heavy atom. The summed E-state index contributed by atoms with van der Waals surface area (Å²) in [5.74, 6) is -0.251. The number of allylic oxidation sites excluding steroid dienone is 2. The predicted octanol–water partition coefficient (Wildman–Crippen LogP) is -0.0825. The van der Waals surface area contributed by atoms with Crippen LogP contribution in [0.15, 0.2) is 23.6 Å². The highest BCUT2D eigenvalue weighted by molar-refractivity contribution is 7.93. The SMILES string of the molecule is C=C(C=CC)S(=O)(=O)N1CC(=O)NC12CCNCC2. The molecule has 19 heavy (non-hydrogen) atoms. The fourth-order valence-electron chi connectivity index (χ4n) is 2.59. The highest BCUT2D eigenvalue weighted by Crippen LogP contribution is 2.32. The topological polar surface area (TPSA) is 78.5 Å². The summed E-state index contributed by atoms with van der Waals surface area (Å²) in [5, 5.41) is 5.99. The van der Waals surface area contributed by atoms with E-state index in [1.807, 2.05) is 0 Å². The molecule has 2 aliphatic rings. The summed E-state index contributed by atoms with van der Waals surface area (Å²) in [4.78, 5) is 11.7. The van der Waals surface area contributed by atoms with Gasteiger partial charge in [0.1, 0.15) is 5.66 Å². The zero-order valence-electron chi connectivity index (χ0n) is 11.0. The lowest BCUT2D eigenvalue weighted by Crippen LogP contribution is -2.59. The summed E-state index contributed by atoms with van der Waals surface area (Å²) < 4.78 is 26.3. The van der Waals surface area contributed by atoms with Crippen LogP contribution in [0.2, 0.25) is 0 Å². The molecule has 0 aromatic rings. The minimum absolute atomic E-state index is 0.0180. The maximum Gasteiger partial charge on any atom is 0.244 e. The van der Waals surface area contributed by atoms with Crippen LogP contribution in [0.3, 0.4) is 0 Å². The minimum Gasteiger partial charge on any atom is -0.336 e. The van der Waals surface area contributed by atoms with Crippen LogP contribution in [-0.4, -0.2) is 43.9 Å². The van der Waals surface area contributed by atoms with Crippen molar-refractivity contribution < 1.29 is 13.2 Å². The lowest BCUT2D eigenvalue weighted by atomic mass is 9.99. The van der Waals surface area contributed by atoms with E-state index < -0.39 is 15.7 Å². The van der Waals surface area contributed by atoms with E-state index in [1.165, 1.54) is 10.4 Å². The van der Waals surface area contributed by atoms with Crippen molar-refractivity contribution in [1.82, 2.24) is 14.9 Å². The summed E-state index contributed by atoms with van der Waals surface area (Å²) in [6, 6.07) is 0. The van der Waals surface area contributed by atoms with Gasteiger partial charge in [-0.3, -0.25) is 4.79 Å². The molecule has 0 atom stereocenters. The number of hydrogen-bond donors (Lipinski definition) is 2. The zero-order chi connectivity index (χ0) is 14.1. The van der Waals surface area contributed by atoms with E-state index in [1.54, 1.807) is 13.0 Å². The Kier molecular flexibility index (Phi) is 3.80. The fraction of sp³-hybridized carbons (Fsp3) is 0.583. The first-order valence-corrected chi connectivity index (χ1v) is 7.72. The molecule has 7 heteroatoms. The van der Waals surface area contributed by atoms with Crippen LogP contribution in [0, 0.1) is 0 Å². The van der Waals surface area contributed by atoms with E-state index in [2.05, 4.69) is 17.2 Å². The summed E-state index contributed by atoms with van der Waals surface area (Å²) in [5.41, 5.74) is -0.786. The first-order chi connectivity index (χ1) is 8.92. The number of amides is 1. The number of piperidine rings is 1. The molecule has 2 heterocycles. The van der Waals surface area contributed by atoms with E-state index in [0.717, 1.165) is 0 Å². The number of carbonyl (C=O) groups excluding carboxylic acids is 1. The summed E-state index contributed by atoms with van der Waals surface area (Å²) in [7, 11) is -3.70. The van der Waals surface area contributed by atoms with Crippen LogP contribution in [0.4, 0.5) is 0 Å². The highest BCUT2D eigenvalue weighted by atomic mass is 32.2. The van der Waals surface area contributed by atoms with E-state index >= 15 is 0 Å². The van der Waals surface area contributed by atoms with Gasteiger partial charge < -0.3 is 10.6 Å². The van der Waals surface area contributed by atoms with Gasteiger partial charge in [0.15, 0.2) is 0 Å². The van der Waals surface area contributed by atoms with Gasteiger partial charge in [0.25, 0.3) is 0 Å². The molecule has 1 amide bonds. The quantitative estimate of drug-likeness (QED) is 0.711. The second kappa shape index (κ2) is 5.07. The second-order valence-electron chi connectivity index (χ2n) is 4.81. The third-order valence-corrected chi connectivity index (χ3v) is 5.40. The normalized spacial score (nSPS) is 23.9. The van der Waals surface area contributed by atoms with E-state index in [0.29, 0.717) is 25.9 Å². The number of nitrogens with zero attached hydrogens (tertiary/aromatic N) is 1. The van der Waals surface area contributed by atoms with Crippen molar-refractivity contribution in [3.8, 4) is 0 Å². The van der Waals surface area contributed by atoms with Crippen LogP contribution < -0.4 is 10.6 Å². The van der Waals surface area contributed by atoms with Gasteiger partial charge in [0, 0.05) is 0 Å². The van der Waals surface area contributed by atoms with Gasteiger partial charge >= 0.3 is 0 Å². The van der Waals surface area contributed by atoms with E-state index in [4.69, 9.17) is 0 Å². The molecule has 0 bridgehead atoms. The molecule has 106 valence electrons. The molecule has 0 saturated carbocycles. The van der Waals surface area contributed by atoms with Gasteiger partial charge in [-0.25, -0.2) is 8.42 Å². The average Bonchev–Trinajstić information content (AvgIpc) is 2.67. The Labute approximate surface area is 113 Å². The molecule has 2 N–H and O–H groups in total. The Bertz CT molecular complexity index is 518. The summed E-state index contributed by atoms with van der Waals surface area (Å²) >= 11 is 0. The monoisotopic (exact) mass is 285 g/mol. The third-order valence-electron chi connectivity index (χ3n) is 3.54. The van der Waals surface area contributed by atoms with Gasteiger partial charge in [0.2, 0.25) is 15.9 Å². The average molecular weight is 285 g/mol. The van der Waals surface area contributed by atoms with Crippen LogP contribution in [0.25, 0.3) is 0 Å². The van der Waals surface area contributed by atoms with Crippen LogP contribution in [0.1, 0.15) is 19.8 Å². The van der Waals surface area contributed by atoms with E-state index in [-0.39, 0.29) is 17.4 Å². The van der Waals surface area contributed by atoms with Crippen molar-refractivity contribution in [3.05, 3.63) is 23.6 Å². The molecule has 0 radical (unpaired) electrons. The smallest absolute Gasteiger partial charge is 0.244 e. The first kappa shape index (κ1) is 14.2. The predicted molar refractivity (Wildman–Crippen MR) is 72.6 cm³/mol. The van der Waals surface area contributed by atoms with E-state index in [9.17, 15) is 13.2 Å². The van der Waals surface area contributed by atoms with Crippen molar-refractivity contribution in [3.63, 3.8) is 0 Å². The maximum absolute atomic E-state index is 12.5. The Morgan fingerprint density at radius 3 is 2.63 bits per heavy atom. The maximum atomic E-state index is 12.5. The fourth-order valence-corrected chi connectivity index (χ4v) is 4.15. The lowest BCUT2D eigenvalue weighted by molar-refractivity contribution is -0.119. The summed E-state index contributed by atoms with van der Waals surface area (Å²) in [6.07, 6.45) is 4.22. The molecule has 1 spiro atoms. The third kappa shape index (κ3) is 2.45. The molecule has 0 aromatic carbocycles. The van der Waals surface area contributed by atoms with Crippen molar-refractivity contribution in [2.75, 3.05) is 19.6 Å². The van der Waals surface area contributed by atoms with Gasteiger partial charge in [-0.1, -0.05) is 12.7 Å². The van der Waals surface area contributed by atoms with Crippen molar-refractivity contribution in [1.29, 1.82) is 0 Å². The second-order valence-corrected chi connectivity index (χ2v) is 6.72. The number of carbonyl (C=O) groups is 1. The Balaban J connectivity index is 2.36. The summed E-state index contributed by atoms with van der Waals surface area (Å²) in [6.45, 7) is 6.56. The standard InChI is InChI=1S/C12H19N3O3S/c1-3-4-10(2)19(17,18)15-9-11(16)14-12(15)5-7-13-8-6-12/h3-4,13H,2,5-9H2,1H3,(H,14,16). The van der Waals surface area contributed by atoms with Crippen molar-refractivity contribution in [2.45, 2.75) is 25.4 Å². The zero-order valence-corrected chi connectivity index (χ0v) is 11.8. The van der Waals surface area contributed by atoms with Gasteiger partial charge in [-0.15, -0.1) is 0 Å². The molecule has 2 fully saturated rings. The van der Waals surface area contributed by atoms with Crippen LogP contribution >= 0.6 is 0 Å². The highest BCUT2D eigenvalue weighted by Gasteiger charge is 2.51. The molecule has 0 unspecified atom stereocenters. The number of nitrogens with one attached hydrogen (secondary N) is 2. The van der Waals surface area contributed by atoms with Gasteiger partial charge in [-0.05, 0) is 38.9 Å². The molecule has 2 rings (SSSR count). The molecular formula is C12H19N3O3S. The first-order valence-electron chi connectivity index (χ1n) is 6.28. The van der Waals surface area contributed by atoms with Crippen LogP contribution in [-0.2, 0) is 14.8 Å². The molecule has 2 aliphatic heterocycles. The van der Waals surface area contributed by atoms with Crippen molar-refractivity contribution in [2.24, 2.45) is 0 Å². The Hall–Kier alpha value is -1.18. The molecule has 2 saturated heterocycles. The largest absolute Gasteiger partial charge is 0.336 e. The van der Waals surface area contributed by atoms with Crippen molar-refractivity contribution >= 4 is 15.9 Å². The minimum atomic E-state index is -3.70. The molecule has 6 nitrogen and oxygen atoms in total. The molecule has 0 aromatic heterocycles. The number of rotatable bonds is 3.